The lowest BCUT2D eigenvalue weighted by Gasteiger charge is -2.21. The smallest absolute Gasteiger partial charge is 0.145 e. The first kappa shape index (κ1) is 26.9. The number of hydrogen-bond acceptors (Lipinski definition) is 8. The number of hydrogen-bond donors (Lipinski definition) is 2. The molecule has 0 radical (unpaired) electrons. The van der Waals surface area contributed by atoms with Gasteiger partial charge in [0, 0.05) is 49.0 Å². The number of rotatable bonds is 5. The third-order valence-electron chi connectivity index (χ3n) is 6.02. The first-order valence-corrected chi connectivity index (χ1v) is 12.7. The minimum atomic E-state index is -0.0672. The van der Waals surface area contributed by atoms with Crippen molar-refractivity contribution < 1.29 is 0 Å². The summed E-state index contributed by atoms with van der Waals surface area (Å²) in [6, 6.07) is 8.10. The second-order valence-electron chi connectivity index (χ2n) is 10.3. The summed E-state index contributed by atoms with van der Waals surface area (Å²) in [6.07, 6.45) is 14.1. The van der Waals surface area contributed by atoms with Crippen molar-refractivity contribution in [3.8, 4) is 11.3 Å². The van der Waals surface area contributed by atoms with Crippen LogP contribution in [-0.2, 0) is 0 Å². The van der Waals surface area contributed by atoms with E-state index >= 15 is 0 Å². The van der Waals surface area contributed by atoms with Crippen molar-refractivity contribution in [2.75, 3.05) is 37.8 Å². The van der Waals surface area contributed by atoms with Gasteiger partial charge in [0.1, 0.15) is 11.6 Å². The molecule has 8 heteroatoms. The average molecular weight is 509 g/mol. The number of pyridine rings is 3. The highest BCUT2D eigenvalue weighted by atomic mass is 15.1. The molecule has 5 heterocycles. The minimum absolute atomic E-state index is 0.0672. The zero-order valence-corrected chi connectivity index (χ0v) is 22.9. The monoisotopic (exact) mass is 508 g/mol. The molecule has 0 fully saturated rings. The minimum Gasteiger partial charge on any atom is -0.373 e. The van der Waals surface area contributed by atoms with E-state index in [0.717, 1.165) is 64.6 Å². The highest BCUT2D eigenvalue weighted by Crippen LogP contribution is 2.24. The second kappa shape index (κ2) is 11.9. The molecular weight excluding hydrogens is 472 g/mol. The van der Waals surface area contributed by atoms with Crippen LogP contribution in [0.1, 0.15) is 38.4 Å². The molecule has 4 aromatic heterocycles. The van der Waals surface area contributed by atoms with Crippen LogP contribution in [0.15, 0.2) is 67.9 Å². The van der Waals surface area contributed by atoms with Gasteiger partial charge in [-0.15, -0.1) is 0 Å². The lowest BCUT2D eigenvalue weighted by Crippen LogP contribution is -2.26. The summed E-state index contributed by atoms with van der Waals surface area (Å²) in [6.45, 7) is 12.2. The van der Waals surface area contributed by atoms with Crippen molar-refractivity contribution in [3.63, 3.8) is 0 Å². The third kappa shape index (κ3) is 7.20. The van der Waals surface area contributed by atoms with Crippen LogP contribution in [0.5, 0.6) is 0 Å². The van der Waals surface area contributed by atoms with Gasteiger partial charge < -0.3 is 15.5 Å². The molecule has 38 heavy (non-hydrogen) atoms. The van der Waals surface area contributed by atoms with E-state index in [1.165, 1.54) is 5.57 Å². The predicted octanol–water partition coefficient (Wildman–Crippen LogP) is 5.78. The number of likely N-dealkylation sites (N-methyl/N-ethyl adjacent to an activating group) is 1. The van der Waals surface area contributed by atoms with Gasteiger partial charge in [0.15, 0.2) is 0 Å². The molecular formula is C30H36N8. The van der Waals surface area contributed by atoms with Gasteiger partial charge in [0.2, 0.25) is 0 Å². The Kier molecular flexibility index (Phi) is 8.43. The summed E-state index contributed by atoms with van der Waals surface area (Å²) in [5, 5.41) is 7.38. The van der Waals surface area contributed by atoms with Gasteiger partial charge in [-0.1, -0.05) is 18.7 Å². The Bertz CT molecular complexity index is 1440. The Morgan fingerprint density at radius 3 is 2.53 bits per heavy atom. The average Bonchev–Trinajstić information content (AvgIpc) is 2.92. The van der Waals surface area contributed by atoms with Gasteiger partial charge in [-0.05, 0) is 69.6 Å². The van der Waals surface area contributed by atoms with Crippen LogP contribution in [-0.4, -0.2) is 62.5 Å². The highest BCUT2D eigenvalue weighted by molar-refractivity contribution is 5.84. The van der Waals surface area contributed by atoms with Crippen molar-refractivity contribution in [1.29, 1.82) is 0 Å². The summed E-state index contributed by atoms with van der Waals surface area (Å²) in [5.41, 5.74) is 6.09. The van der Waals surface area contributed by atoms with E-state index in [1.54, 1.807) is 24.8 Å². The normalized spacial score (nSPS) is 13.8. The molecule has 0 spiro atoms. The van der Waals surface area contributed by atoms with Gasteiger partial charge in [-0.3, -0.25) is 15.0 Å². The molecule has 0 saturated heterocycles. The van der Waals surface area contributed by atoms with Gasteiger partial charge in [-0.2, -0.15) is 0 Å². The maximum atomic E-state index is 4.63. The predicted molar refractivity (Wildman–Crippen MR) is 158 cm³/mol. The zero-order chi connectivity index (χ0) is 27.1. The molecule has 0 amide bonds. The van der Waals surface area contributed by atoms with E-state index in [0.29, 0.717) is 0 Å². The van der Waals surface area contributed by atoms with E-state index in [2.05, 4.69) is 93.1 Å². The molecule has 0 aliphatic carbocycles. The SMILES string of the molecule is C=Cc1ccnc(C2=CCN(C)CC2)c1.CNc1cc2cc(-c3cncc(NC(C)(C)C)n3)cnc2cn1. The fourth-order valence-corrected chi connectivity index (χ4v) is 4.01. The Morgan fingerprint density at radius 2 is 1.82 bits per heavy atom. The highest BCUT2D eigenvalue weighted by Gasteiger charge is 2.12. The quantitative estimate of drug-likeness (QED) is 0.350. The second-order valence-corrected chi connectivity index (χ2v) is 10.3. The van der Waals surface area contributed by atoms with Crippen LogP contribution in [0.4, 0.5) is 11.6 Å². The first-order chi connectivity index (χ1) is 18.2. The fraction of sp³-hybridized carbons (Fsp3) is 0.300. The molecule has 2 N–H and O–H groups in total. The summed E-state index contributed by atoms with van der Waals surface area (Å²) >= 11 is 0. The molecule has 4 aromatic rings. The maximum absolute atomic E-state index is 4.63. The van der Waals surface area contributed by atoms with Crippen LogP contribution < -0.4 is 10.6 Å². The molecule has 8 nitrogen and oxygen atoms in total. The summed E-state index contributed by atoms with van der Waals surface area (Å²) in [7, 11) is 3.99. The lowest BCUT2D eigenvalue weighted by molar-refractivity contribution is 0.370. The summed E-state index contributed by atoms with van der Waals surface area (Å²) in [4.78, 5) is 24.4. The standard InChI is InChI=1S/C17H20N6.C13H16N2/c1-17(2,3)23-16-10-19-8-14(22-16)12-5-11-6-15(18-4)21-9-13(11)20-7-12;1-3-11-4-7-14-13(10-11)12-5-8-15(2)9-6-12/h5-10H,1-4H3,(H,18,21)(H,22,23);3-5,7,10H,1,6,8-9H2,2H3. The largest absolute Gasteiger partial charge is 0.373 e. The molecule has 1 aliphatic rings. The van der Waals surface area contributed by atoms with Crippen LogP contribution in [0, 0.1) is 0 Å². The van der Waals surface area contributed by atoms with Crippen LogP contribution in [0.3, 0.4) is 0 Å². The Balaban J connectivity index is 0.000000194. The number of anilines is 2. The summed E-state index contributed by atoms with van der Waals surface area (Å²) < 4.78 is 0. The number of nitrogens with one attached hydrogen (secondary N) is 2. The van der Waals surface area contributed by atoms with Gasteiger partial charge in [0.25, 0.3) is 0 Å². The van der Waals surface area contributed by atoms with Gasteiger partial charge >= 0.3 is 0 Å². The van der Waals surface area contributed by atoms with E-state index < -0.39 is 0 Å². The molecule has 0 bridgehead atoms. The molecule has 0 saturated carbocycles. The number of nitrogens with zero attached hydrogens (tertiary/aromatic N) is 6. The lowest BCUT2D eigenvalue weighted by atomic mass is 10.0. The van der Waals surface area contributed by atoms with E-state index in [4.69, 9.17) is 0 Å². The van der Waals surface area contributed by atoms with Crippen LogP contribution in [0.2, 0.25) is 0 Å². The van der Waals surface area contributed by atoms with Crippen molar-refractivity contribution in [1.82, 2.24) is 29.8 Å². The van der Waals surface area contributed by atoms with Crippen LogP contribution in [0.25, 0.3) is 33.8 Å². The Hall–Kier alpha value is -4.17. The van der Waals surface area contributed by atoms with Gasteiger partial charge in [0.05, 0.1) is 35.5 Å². The Morgan fingerprint density at radius 1 is 0.974 bits per heavy atom. The zero-order valence-electron chi connectivity index (χ0n) is 22.9. The molecule has 0 unspecified atom stereocenters. The summed E-state index contributed by atoms with van der Waals surface area (Å²) in [5.74, 6) is 1.56. The molecule has 0 aromatic carbocycles. The Labute approximate surface area is 225 Å². The molecule has 0 atom stereocenters. The number of fused-ring (bicyclic) bond motifs is 1. The molecule has 196 valence electrons. The van der Waals surface area contributed by atoms with Crippen molar-refractivity contribution >= 4 is 34.2 Å². The fourth-order valence-electron chi connectivity index (χ4n) is 4.01. The topological polar surface area (TPSA) is 91.8 Å². The van der Waals surface area contributed by atoms with E-state index in [9.17, 15) is 0 Å². The van der Waals surface area contributed by atoms with Crippen molar-refractivity contribution in [2.24, 2.45) is 0 Å². The van der Waals surface area contributed by atoms with Crippen molar-refractivity contribution in [2.45, 2.75) is 32.7 Å². The number of aromatic nitrogens is 5. The van der Waals surface area contributed by atoms with Gasteiger partial charge in [-0.25, -0.2) is 9.97 Å². The van der Waals surface area contributed by atoms with E-state index in [-0.39, 0.29) is 5.54 Å². The molecule has 5 rings (SSSR count). The van der Waals surface area contributed by atoms with Crippen molar-refractivity contribution in [3.05, 3.63) is 79.2 Å². The van der Waals surface area contributed by atoms with E-state index in [1.807, 2.05) is 31.5 Å². The first-order valence-electron chi connectivity index (χ1n) is 12.7. The van der Waals surface area contributed by atoms with Crippen LogP contribution >= 0.6 is 0 Å². The molecule has 1 aliphatic heterocycles. The maximum Gasteiger partial charge on any atom is 0.145 e. The third-order valence-corrected chi connectivity index (χ3v) is 6.02.